The number of benzene rings is 2. The van der Waals surface area contributed by atoms with Gasteiger partial charge in [0.15, 0.2) is 15.6 Å². The Kier molecular flexibility index (Phi) is 8.32. The van der Waals surface area contributed by atoms with E-state index >= 15 is 0 Å². The van der Waals surface area contributed by atoms with Crippen LogP contribution in [0.3, 0.4) is 0 Å². The lowest BCUT2D eigenvalue weighted by Crippen LogP contribution is -2.47. The molecule has 3 rings (SSSR count). The molecule has 1 saturated heterocycles. The second kappa shape index (κ2) is 10.7. The number of carbonyl (C=O) groups is 2. The van der Waals surface area contributed by atoms with E-state index in [0.717, 1.165) is 5.56 Å². The van der Waals surface area contributed by atoms with Gasteiger partial charge in [-0.3, -0.25) is 0 Å². The Labute approximate surface area is 220 Å². The second-order valence-electron chi connectivity index (χ2n) is 9.52. The molecule has 0 unspecified atom stereocenters. The topological polar surface area (TPSA) is 125 Å². The summed E-state index contributed by atoms with van der Waals surface area (Å²) < 4.78 is 32.4. The number of halogens is 2. The average Bonchev–Trinajstić information content (AvgIpc) is 2.78. The molecule has 1 heterocycles. The van der Waals surface area contributed by atoms with Gasteiger partial charge < -0.3 is 25.4 Å². The minimum atomic E-state index is -4.19. The summed E-state index contributed by atoms with van der Waals surface area (Å²) in [6.45, 7) is 7.19. The number of carbonyl (C=O) groups excluding carboxylic acids is 2. The monoisotopic (exact) mass is 557 g/mol. The van der Waals surface area contributed by atoms with Gasteiger partial charge in [-0.2, -0.15) is 0 Å². The molecule has 0 saturated carbocycles. The van der Waals surface area contributed by atoms with E-state index < -0.39 is 43.5 Å². The fraction of sp³-hybridized carbons (Fsp3) is 0.417. The van der Waals surface area contributed by atoms with Crippen LogP contribution in [0, 0.1) is 6.92 Å². The summed E-state index contributed by atoms with van der Waals surface area (Å²) in [7, 11) is -4.19. The fourth-order valence-electron chi connectivity index (χ4n) is 3.79. The van der Waals surface area contributed by atoms with Crippen LogP contribution in [0.15, 0.2) is 35.2 Å². The van der Waals surface area contributed by atoms with Gasteiger partial charge in [-0.05, 0) is 64.3 Å². The highest BCUT2D eigenvalue weighted by Crippen LogP contribution is 2.40. The third kappa shape index (κ3) is 6.35. The van der Waals surface area contributed by atoms with Gasteiger partial charge in [0.05, 0.1) is 26.7 Å². The molecule has 0 bridgehead atoms. The van der Waals surface area contributed by atoms with Crippen LogP contribution in [0.4, 0.5) is 21.0 Å². The second-order valence-corrected chi connectivity index (χ2v) is 12.5. The van der Waals surface area contributed by atoms with Crippen LogP contribution < -0.4 is 10.6 Å². The molecular weight excluding hydrogens is 529 g/mol. The van der Waals surface area contributed by atoms with Gasteiger partial charge in [0.25, 0.3) is 0 Å². The van der Waals surface area contributed by atoms with Gasteiger partial charge in [0, 0.05) is 13.1 Å². The smallest absolute Gasteiger partial charge is 0.410 e. The van der Waals surface area contributed by atoms with E-state index in [9.17, 15) is 23.1 Å². The zero-order valence-corrected chi connectivity index (χ0v) is 22.7. The Morgan fingerprint density at radius 2 is 1.78 bits per heavy atom. The van der Waals surface area contributed by atoms with Crippen LogP contribution in [0.2, 0.25) is 10.0 Å². The number of hydrogen-bond donors (Lipinski definition) is 3. The average molecular weight is 558 g/mol. The first kappa shape index (κ1) is 27.9. The molecule has 3 N–H and O–H groups in total. The van der Waals surface area contributed by atoms with E-state index in [1.165, 1.54) is 17.0 Å². The normalized spacial score (nSPS) is 16.4. The number of phenolic OH excluding ortho intramolecular Hbond substituents is 1. The van der Waals surface area contributed by atoms with E-state index in [-0.39, 0.29) is 23.7 Å². The number of rotatable bonds is 4. The molecule has 3 amide bonds. The van der Waals surface area contributed by atoms with E-state index in [0.29, 0.717) is 23.7 Å². The van der Waals surface area contributed by atoms with Gasteiger partial charge in [0.2, 0.25) is 0 Å². The van der Waals surface area contributed by atoms with Gasteiger partial charge in [-0.15, -0.1) is 0 Å². The van der Waals surface area contributed by atoms with Crippen LogP contribution in [0.25, 0.3) is 0 Å². The standard InChI is InChI=1S/C24H29Cl2N3O6S/c1-14-7-5-9-17(19(14)26)27-22(31)28-18-11-10-16(25)21(20(18)30)36(33,34)15-8-6-12-29(13-15)23(32)35-24(2,3)4/h5,7,9-11,15,30H,6,8,12-13H2,1-4H3,(H2,27,28,31)/t15-/m0/s1. The third-order valence-electron chi connectivity index (χ3n) is 5.52. The van der Waals surface area contributed by atoms with Crippen molar-refractivity contribution >= 4 is 56.5 Å². The predicted octanol–water partition coefficient (Wildman–Crippen LogP) is 5.82. The minimum Gasteiger partial charge on any atom is -0.504 e. The number of hydrogen-bond acceptors (Lipinski definition) is 6. The van der Waals surface area contributed by atoms with E-state index in [1.54, 1.807) is 45.9 Å². The molecule has 12 heteroatoms. The Hall–Kier alpha value is -2.69. The Morgan fingerprint density at radius 3 is 2.44 bits per heavy atom. The Balaban J connectivity index is 1.83. The van der Waals surface area contributed by atoms with E-state index in [1.807, 2.05) is 0 Å². The molecule has 0 aliphatic carbocycles. The summed E-state index contributed by atoms with van der Waals surface area (Å²) in [5.41, 5.74) is 0.220. The summed E-state index contributed by atoms with van der Waals surface area (Å²) in [4.78, 5) is 25.9. The lowest BCUT2D eigenvalue weighted by atomic mass is 10.1. The SMILES string of the molecule is Cc1cccc(NC(=O)Nc2ccc(Cl)c(S(=O)(=O)[C@H]3CCCN(C(=O)OC(C)(C)C)C3)c2O)c1Cl. The van der Waals surface area contributed by atoms with Crippen LogP contribution in [0.5, 0.6) is 5.75 Å². The highest BCUT2D eigenvalue weighted by atomic mass is 35.5. The number of anilines is 2. The highest BCUT2D eigenvalue weighted by molar-refractivity contribution is 7.92. The minimum absolute atomic E-state index is 0.114. The molecule has 0 radical (unpaired) electrons. The first-order valence-corrected chi connectivity index (χ1v) is 13.6. The molecule has 1 atom stereocenters. The van der Waals surface area contributed by atoms with Crippen molar-refractivity contribution in [2.75, 3.05) is 23.7 Å². The highest BCUT2D eigenvalue weighted by Gasteiger charge is 2.38. The molecular formula is C24H29Cl2N3O6S. The number of nitrogens with zero attached hydrogens (tertiary/aromatic N) is 1. The largest absolute Gasteiger partial charge is 0.504 e. The molecule has 36 heavy (non-hydrogen) atoms. The van der Waals surface area contributed by atoms with Gasteiger partial charge in [-0.1, -0.05) is 35.3 Å². The van der Waals surface area contributed by atoms with Gasteiger partial charge >= 0.3 is 12.1 Å². The predicted molar refractivity (Wildman–Crippen MR) is 140 cm³/mol. The van der Waals surface area contributed by atoms with E-state index in [2.05, 4.69) is 10.6 Å². The number of ether oxygens (including phenoxy) is 1. The maximum absolute atomic E-state index is 13.5. The third-order valence-corrected chi connectivity index (χ3v) is 8.70. The van der Waals surface area contributed by atoms with Crippen molar-refractivity contribution in [3.05, 3.63) is 45.9 Å². The number of nitrogens with one attached hydrogen (secondary N) is 2. The molecule has 2 aromatic rings. The summed E-state index contributed by atoms with van der Waals surface area (Å²) >= 11 is 12.4. The van der Waals surface area contributed by atoms with Crippen molar-refractivity contribution in [2.24, 2.45) is 0 Å². The number of urea groups is 1. The molecule has 2 aromatic carbocycles. The molecule has 0 aromatic heterocycles. The molecule has 196 valence electrons. The molecule has 9 nitrogen and oxygen atoms in total. The maximum Gasteiger partial charge on any atom is 0.410 e. The maximum atomic E-state index is 13.5. The summed E-state index contributed by atoms with van der Waals surface area (Å²) in [5.74, 6) is -0.692. The van der Waals surface area contributed by atoms with Crippen LogP contribution >= 0.6 is 23.2 Å². The number of aromatic hydroxyl groups is 1. The van der Waals surface area contributed by atoms with Crippen LogP contribution in [0.1, 0.15) is 39.2 Å². The van der Waals surface area contributed by atoms with Crippen molar-refractivity contribution in [1.82, 2.24) is 4.90 Å². The van der Waals surface area contributed by atoms with Crippen molar-refractivity contribution in [2.45, 2.75) is 56.3 Å². The van der Waals surface area contributed by atoms with Crippen LogP contribution in [-0.2, 0) is 14.6 Å². The van der Waals surface area contributed by atoms with Crippen molar-refractivity contribution in [3.8, 4) is 5.75 Å². The number of aryl methyl sites for hydroxylation is 1. The summed E-state index contributed by atoms with van der Waals surface area (Å²) in [6, 6.07) is 6.93. The lowest BCUT2D eigenvalue weighted by molar-refractivity contribution is 0.0219. The number of phenols is 1. The number of amides is 3. The lowest BCUT2D eigenvalue weighted by Gasteiger charge is -2.34. The number of likely N-dealkylation sites (tertiary alicyclic amines) is 1. The first-order chi connectivity index (χ1) is 16.7. The molecule has 1 aliphatic heterocycles. The van der Waals surface area contributed by atoms with Crippen LogP contribution in [-0.4, -0.2) is 54.5 Å². The fourth-order valence-corrected chi connectivity index (χ4v) is 6.34. The van der Waals surface area contributed by atoms with Crippen molar-refractivity contribution < 1.29 is 27.9 Å². The quantitative estimate of drug-likeness (QED) is 0.406. The first-order valence-electron chi connectivity index (χ1n) is 11.3. The summed E-state index contributed by atoms with van der Waals surface area (Å²) in [6.07, 6.45) is 0.0835. The van der Waals surface area contributed by atoms with Gasteiger partial charge in [0.1, 0.15) is 10.5 Å². The zero-order valence-electron chi connectivity index (χ0n) is 20.4. The number of sulfone groups is 1. The van der Waals surface area contributed by atoms with E-state index in [4.69, 9.17) is 27.9 Å². The molecule has 1 aliphatic rings. The van der Waals surface area contributed by atoms with Crippen molar-refractivity contribution in [1.29, 1.82) is 0 Å². The molecule has 1 fully saturated rings. The molecule has 0 spiro atoms. The zero-order chi connectivity index (χ0) is 26.8. The van der Waals surface area contributed by atoms with Gasteiger partial charge in [-0.25, -0.2) is 18.0 Å². The summed E-state index contributed by atoms with van der Waals surface area (Å²) in [5, 5.41) is 15.0. The Bertz CT molecular complexity index is 1280. The Morgan fingerprint density at radius 1 is 1.11 bits per heavy atom. The number of piperidine rings is 1. The van der Waals surface area contributed by atoms with Crippen molar-refractivity contribution in [3.63, 3.8) is 0 Å².